The van der Waals surface area contributed by atoms with Gasteiger partial charge in [0.05, 0.1) is 5.69 Å². The minimum atomic E-state index is -0.283. The van der Waals surface area contributed by atoms with Crippen molar-refractivity contribution in [2.24, 2.45) is 0 Å². The van der Waals surface area contributed by atoms with E-state index in [1.165, 1.54) is 141 Å². The van der Waals surface area contributed by atoms with Gasteiger partial charge in [-0.1, -0.05) is 114 Å². The van der Waals surface area contributed by atoms with Gasteiger partial charge >= 0.3 is 6.85 Å². The normalized spacial score (nSPS) is 19.1. The third-order valence-corrected chi connectivity index (χ3v) is 16.7. The van der Waals surface area contributed by atoms with Crippen LogP contribution in [0.1, 0.15) is 101 Å². The molecule has 1 aromatic heterocycles. The predicted octanol–water partition coefficient (Wildman–Crippen LogP) is 14.1. The highest BCUT2D eigenvalue weighted by Gasteiger charge is 2.55. The van der Waals surface area contributed by atoms with E-state index in [1.807, 2.05) is 11.3 Å². The van der Waals surface area contributed by atoms with Gasteiger partial charge in [0.15, 0.2) is 0 Å². The average Bonchev–Trinajstić information content (AvgIpc) is 3.75. The number of unbranched alkanes of at least 4 members (excludes halogenated alkanes) is 1. The van der Waals surface area contributed by atoms with Crippen LogP contribution in [0, 0.1) is 0 Å². The Morgan fingerprint density at radius 1 is 0.583 bits per heavy atom. The van der Waals surface area contributed by atoms with Crippen molar-refractivity contribution in [3.05, 3.63) is 161 Å². The van der Waals surface area contributed by atoms with E-state index in [9.17, 15) is 0 Å². The number of hydrogen-bond donors (Lipinski definition) is 0. The summed E-state index contributed by atoms with van der Waals surface area (Å²) in [6.07, 6.45) is 5.95. The van der Waals surface area contributed by atoms with Crippen LogP contribution >= 0.6 is 11.3 Å². The molecule has 1 unspecified atom stereocenters. The summed E-state index contributed by atoms with van der Waals surface area (Å²) in [5.41, 5.74) is 23.7. The van der Waals surface area contributed by atoms with Gasteiger partial charge in [0.25, 0.3) is 0 Å². The maximum atomic E-state index is 2.70. The van der Waals surface area contributed by atoms with E-state index >= 15 is 0 Å². The fourth-order valence-corrected chi connectivity index (χ4v) is 13.6. The van der Waals surface area contributed by atoms with Gasteiger partial charge in [-0.2, -0.15) is 0 Å². The Hall–Kier alpha value is -5.58. The van der Waals surface area contributed by atoms with Crippen molar-refractivity contribution < 1.29 is 0 Å². The van der Waals surface area contributed by atoms with Gasteiger partial charge in [0.1, 0.15) is 0 Å². The van der Waals surface area contributed by atoms with Gasteiger partial charge in [-0.05, 0) is 159 Å². The molecule has 13 rings (SSSR count). The molecule has 0 amide bonds. The Morgan fingerprint density at radius 2 is 1.30 bits per heavy atom. The number of benzene rings is 7. The van der Waals surface area contributed by atoms with Crippen LogP contribution in [0.5, 0.6) is 0 Å². The number of aryl methyl sites for hydroxylation is 1. The van der Waals surface area contributed by atoms with Gasteiger partial charge in [0.2, 0.25) is 0 Å². The van der Waals surface area contributed by atoms with Gasteiger partial charge in [-0.15, -0.1) is 11.3 Å². The molecule has 2 aliphatic carbocycles. The van der Waals surface area contributed by atoms with E-state index in [0.29, 0.717) is 0 Å². The number of anilines is 5. The number of para-hydroxylation sites is 2. The first-order valence-corrected chi connectivity index (χ1v) is 23.1. The molecule has 0 saturated carbocycles. The van der Waals surface area contributed by atoms with Crippen LogP contribution in [0.15, 0.2) is 127 Å². The molecule has 0 fully saturated rings. The maximum Gasteiger partial charge on any atom is 0.333 e. The average molecular weight is 793 g/mol. The van der Waals surface area contributed by atoms with Crippen LogP contribution in [0.2, 0.25) is 0 Å². The minimum absolute atomic E-state index is 0.00386. The maximum absolute atomic E-state index is 2.70. The SMILES string of the molecule is CCCCc1ccc2c(c1)C1(C)c3ccccc3-c3cc4c5c(c31)N2c1ccccc1B5N(c1ccccc1)c1cc2c(cc1-4)sc1cc3c(cc12)C(C)(C)CCC3(C)C. The second-order valence-electron chi connectivity index (χ2n) is 19.9. The van der Waals surface area contributed by atoms with Crippen LogP contribution in [0.3, 0.4) is 0 Å². The van der Waals surface area contributed by atoms with Gasteiger partial charge < -0.3 is 9.71 Å². The molecule has 1 atom stereocenters. The third kappa shape index (κ3) is 4.35. The van der Waals surface area contributed by atoms with E-state index in [-0.39, 0.29) is 23.1 Å². The zero-order valence-corrected chi connectivity index (χ0v) is 36.4. The molecule has 0 spiro atoms. The molecule has 0 bridgehead atoms. The lowest BCUT2D eigenvalue weighted by Gasteiger charge is -2.50. The van der Waals surface area contributed by atoms with Crippen molar-refractivity contribution in [1.82, 2.24) is 0 Å². The fourth-order valence-electron chi connectivity index (χ4n) is 12.4. The zero-order chi connectivity index (χ0) is 40.4. The summed E-state index contributed by atoms with van der Waals surface area (Å²) in [5.74, 6) is 0. The van der Waals surface area contributed by atoms with Crippen LogP contribution in [-0.2, 0) is 22.7 Å². The highest BCUT2D eigenvalue weighted by atomic mass is 32.1. The Labute approximate surface area is 358 Å². The van der Waals surface area contributed by atoms with Crippen LogP contribution in [0.25, 0.3) is 42.4 Å². The molecule has 292 valence electrons. The summed E-state index contributed by atoms with van der Waals surface area (Å²) in [6, 6.07) is 50.2. The highest BCUT2D eigenvalue weighted by molar-refractivity contribution is 7.25. The number of nitrogens with zero attached hydrogens (tertiary/aromatic N) is 2. The lowest BCUT2D eigenvalue weighted by molar-refractivity contribution is 0.332. The van der Waals surface area contributed by atoms with Crippen molar-refractivity contribution in [3.8, 4) is 22.3 Å². The van der Waals surface area contributed by atoms with Crippen molar-refractivity contribution in [3.63, 3.8) is 0 Å². The predicted molar refractivity (Wildman–Crippen MR) is 258 cm³/mol. The second kappa shape index (κ2) is 11.8. The lowest BCUT2D eigenvalue weighted by atomic mass is 9.42. The largest absolute Gasteiger partial charge is 0.376 e. The number of rotatable bonds is 4. The second-order valence-corrected chi connectivity index (χ2v) is 20.9. The molecule has 5 aliphatic rings. The van der Waals surface area contributed by atoms with E-state index in [4.69, 9.17) is 0 Å². The summed E-state index contributed by atoms with van der Waals surface area (Å²) in [5, 5.41) is 2.78. The molecule has 2 nitrogen and oxygen atoms in total. The molecule has 0 saturated heterocycles. The Kier molecular flexibility index (Phi) is 6.94. The molecule has 7 aromatic carbocycles. The first-order valence-electron chi connectivity index (χ1n) is 22.3. The van der Waals surface area contributed by atoms with E-state index in [0.717, 1.165) is 6.42 Å². The summed E-state index contributed by atoms with van der Waals surface area (Å²) in [4.78, 5) is 5.38. The summed E-state index contributed by atoms with van der Waals surface area (Å²) >= 11 is 1.99. The Bertz CT molecular complexity index is 3190. The standard InChI is InChI=1S/C56H49BN2S/c1-7-8-16-33-23-24-46-44(27-33)56(6)41-20-13-12-19-35(41)39-28-40-36-31-49-38(37-29-42-43(32-50(37)60-49)55(4,5)26-25-54(42,2)3)30-48(36)59(34-17-10-9-11-18-34)57-45-21-14-15-22-47(45)58(46)53(51(39)56)52(40)57/h9-15,17-24,27-32H,7-8,16,25-26H2,1-6H3. The first kappa shape index (κ1) is 35.2. The number of hydrogen-bond acceptors (Lipinski definition) is 3. The van der Waals surface area contributed by atoms with Crippen molar-refractivity contribution in [1.29, 1.82) is 0 Å². The van der Waals surface area contributed by atoms with Gasteiger partial charge in [-0.25, -0.2) is 0 Å². The monoisotopic (exact) mass is 792 g/mol. The zero-order valence-electron chi connectivity index (χ0n) is 35.5. The molecule has 4 heteroatoms. The molecule has 0 radical (unpaired) electrons. The first-order chi connectivity index (χ1) is 29.1. The number of thiophene rings is 1. The highest BCUT2D eigenvalue weighted by Crippen LogP contribution is 2.64. The topological polar surface area (TPSA) is 6.48 Å². The third-order valence-electron chi connectivity index (χ3n) is 15.6. The molecular formula is C56H49BN2S. The van der Waals surface area contributed by atoms with E-state index in [2.05, 4.69) is 179 Å². The summed E-state index contributed by atoms with van der Waals surface area (Å²) < 4.78 is 2.78. The molecule has 0 N–H and O–H groups in total. The van der Waals surface area contributed by atoms with Gasteiger partial charge in [-0.3, -0.25) is 0 Å². The van der Waals surface area contributed by atoms with Crippen LogP contribution < -0.4 is 20.6 Å². The molecule has 8 aromatic rings. The molecule has 4 heterocycles. The van der Waals surface area contributed by atoms with Crippen molar-refractivity contribution in [2.45, 2.75) is 89.9 Å². The minimum Gasteiger partial charge on any atom is -0.376 e. The van der Waals surface area contributed by atoms with Crippen molar-refractivity contribution in [2.75, 3.05) is 9.71 Å². The van der Waals surface area contributed by atoms with Crippen LogP contribution in [0.4, 0.5) is 28.4 Å². The molecular weight excluding hydrogens is 744 g/mol. The van der Waals surface area contributed by atoms with Crippen molar-refractivity contribution >= 4 is 77.7 Å². The van der Waals surface area contributed by atoms with Crippen LogP contribution in [-0.4, -0.2) is 6.85 Å². The van der Waals surface area contributed by atoms with E-state index in [1.54, 1.807) is 0 Å². The molecule has 3 aliphatic heterocycles. The molecule has 60 heavy (non-hydrogen) atoms. The summed E-state index contributed by atoms with van der Waals surface area (Å²) in [6.45, 7) is 14.6. The quantitative estimate of drug-likeness (QED) is 0.164. The van der Waals surface area contributed by atoms with E-state index < -0.39 is 0 Å². The Balaban J connectivity index is 1.16. The number of fused-ring (bicyclic) bond motifs is 15. The Morgan fingerprint density at radius 3 is 2.12 bits per heavy atom. The summed E-state index contributed by atoms with van der Waals surface area (Å²) in [7, 11) is 0. The lowest BCUT2D eigenvalue weighted by Crippen LogP contribution is -2.62. The fraction of sp³-hybridized carbons (Fsp3) is 0.250. The van der Waals surface area contributed by atoms with Gasteiger partial charge in [0, 0.05) is 53.9 Å². The smallest absolute Gasteiger partial charge is 0.333 e.